The van der Waals surface area contributed by atoms with E-state index in [-0.39, 0.29) is 11.9 Å². The molecule has 1 aromatic carbocycles. The Hall–Kier alpha value is -2.14. The van der Waals surface area contributed by atoms with Crippen LogP contribution < -0.4 is 5.73 Å². The van der Waals surface area contributed by atoms with Crippen molar-refractivity contribution < 1.29 is 4.79 Å². The first-order chi connectivity index (χ1) is 11.1. The molecule has 0 bridgehead atoms. The van der Waals surface area contributed by atoms with Crippen molar-refractivity contribution in [3.8, 4) is 0 Å². The molecule has 1 aliphatic heterocycles. The number of aromatic nitrogens is 2. The van der Waals surface area contributed by atoms with Crippen LogP contribution in [-0.4, -0.2) is 39.7 Å². The fourth-order valence-corrected chi connectivity index (χ4v) is 3.32. The van der Waals surface area contributed by atoms with E-state index in [0.29, 0.717) is 24.6 Å². The van der Waals surface area contributed by atoms with Crippen molar-refractivity contribution in [3.05, 3.63) is 53.3 Å². The van der Waals surface area contributed by atoms with Gasteiger partial charge in [-0.2, -0.15) is 5.10 Å². The molecule has 0 radical (unpaired) electrons. The molecule has 2 N–H and O–H groups in total. The lowest BCUT2D eigenvalue weighted by Crippen LogP contribution is -2.34. The molecule has 1 saturated heterocycles. The number of benzene rings is 1. The fourth-order valence-electron chi connectivity index (χ4n) is 3.32. The second-order valence-corrected chi connectivity index (χ2v) is 6.43. The van der Waals surface area contributed by atoms with Crippen LogP contribution in [0.3, 0.4) is 0 Å². The SMILES string of the molecule is Cc1c(C(=O)N2CC(CN)CC2C)cnn1Cc1ccccc1. The minimum Gasteiger partial charge on any atom is -0.335 e. The highest BCUT2D eigenvalue weighted by atomic mass is 16.2. The van der Waals surface area contributed by atoms with Gasteiger partial charge >= 0.3 is 0 Å². The van der Waals surface area contributed by atoms with Gasteiger partial charge in [0.15, 0.2) is 0 Å². The van der Waals surface area contributed by atoms with Gasteiger partial charge in [-0.25, -0.2) is 0 Å². The molecule has 1 amide bonds. The molecule has 5 heteroatoms. The van der Waals surface area contributed by atoms with E-state index >= 15 is 0 Å². The van der Waals surface area contributed by atoms with Gasteiger partial charge in [0.2, 0.25) is 0 Å². The normalized spacial score (nSPS) is 20.9. The van der Waals surface area contributed by atoms with Gasteiger partial charge in [-0.3, -0.25) is 9.48 Å². The summed E-state index contributed by atoms with van der Waals surface area (Å²) in [6, 6.07) is 10.4. The zero-order chi connectivity index (χ0) is 16.4. The summed E-state index contributed by atoms with van der Waals surface area (Å²) in [5.41, 5.74) is 8.56. The van der Waals surface area contributed by atoms with Crippen LogP contribution in [0.25, 0.3) is 0 Å². The molecule has 1 aromatic heterocycles. The number of hydrogen-bond acceptors (Lipinski definition) is 3. The average Bonchev–Trinajstić information content (AvgIpc) is 3.11. The molecule has 0 saturated carbocycles. The van der Waals surface area contributed by atoms with Crippen molar-refractivity contribution in [3.63, 3.8) is 0 Å². The Morgan fingerprint density at radius 2 is 2.09 bits per heavy atom. The Balaban J connectivity index is 1.78. The third kappa shape index (κ3) is 3.15. The van der Waals surface area contributed by atoms with E-state index in [4.69, 9.17) is 5.73 Å². The van der Waals surface area contributed by atoms with Crippen molar-refractivity contribution in [2.75, 3.05) is 13.1 Å². The average molecular weight is 312 g/mol. The van der Waals surface area contributed by atoms with Crippen molar-refractivity contribution >= 4 is 5.91 Å². The molecule has 0 aliphatic carbocycles. The van der Waals surface area contributed by atoms with E-state index in [2.05, 4.69) is 24.2 Å². The second kappa shape index (κ2) is 6.54. The lowest BCUT2D eigenvalue weighted by molar-refractivity contribution is 0.0742. The summed E-state index contributed by atoms with van der Waals surface area (Å²) < 4.78 is 1.89. The van der Waals surface area contributed by atoms with E-state index in [9.17, 15) is 4.79 Å². The summed E-state index contributed by atoms with van der Waals surface area (Å²) in [6.45, 7) is 6.13. The zero-order valence-electron chi connectivity index (χ0n) is 13.8. The van der Waals surface area contributed by atoms with Gasteiger partial charge in [0.25, 0.3) is 5.91 Å². The fraction of sp³-hybridized carbons (Fsp3) is 0.444. The summed E-state index contributed by atoms with van der Waals surface area (Å²) in [6.07, 6.45) is 2.68. The van der Waals surface area contributed by atoms with Gasteiger partial charge in [-0.05, 0) is 38.3 Å². The highest BCUT2D eigenvalue weighted by Gasteiger charge is 2.33. The van der Waals surface area contributed by atoms with Crippen LogP contribution in [0.15, 0.2) is 36.5 Å². The summed E-state index contributed by atoms with van der Waals surface area (Å²) in [7, 11) is 0. The van der Waals surface area contributed by atoms with Crippen LogP contribution in [0.2, 0.25) is 0 Å². The lowest BCUT2D eigenvalue weighted by Gasteiger charge is -2.21. The Kier molecular flexibility index (Phi) is 4.48. The maximum absolute atomic E-state index is 12.8. The number of carbonyl (C=O) groups is 1. The van der Waals surface area contributed by atoms with Gasteiger partial charge in [-0.15, -0.1) is 0 Å². The predicted molar refractivity (Wildman–Crippen MR) is 90.2 cm³/mol. The molecule has 122 valence electrons. The minimum atomic E-state index is 0.0743. The van der Waals surface area contributed by atoms with Crippen LogP contribution in [0.1, 0.15) is 35.0 Å². The van der Waals surface area contributed by atoms with Crippen LogP contribution in [-0.2, 0) is 6.54 Å². The summed E-state index contributed by atoms with van der Waals surface area (Å²) in [5.74, 6) is 0.485. The van der Waals surface area contributed by atoms with Crippen LogP contribution in [0, 0.1) is 12.8 Å². The number of carbonyl (C=O) groups excluding carboxylic acids is 1. The predicted octanol–water partition coefficient (Wildman–Crippen LogP) is 2.05. The molecule has 1 aliphatic rings. The molecule has 3 rings (SSSR count). The Morgan fingerprint density at radius 3 is 2.74 bits per heavy atom. The van der Waals surface area contributed by atoms with Crippen LogP contribution in [0.4, 0.5) is 0 Å². The van der Waals surface area contributed by atoms with Gasteiger partial charge in [0, 0.05) is 18.3 Å². The third-order valence-electron chi connectivity index (χ3n) is 4.76. The number of amides is 1. The molecule has 23 heavy (non-hydrogen) atoms. The molecule has 2 aromatic rings. The number of nitrogens with zero attached hydrogens (tertiary/aromatic N) is 3. The van der Waals surface area contributed by atoms with Crippen LogP contribution in [0.5, 0.6) is 0 Å². The lowest BCUT2D eigenvalue weighted by atomic mass is 10.1. The first-order valence-electron chi connectivity index (χ1n) is 8.17. The molecule has 0 spiro atoms. The molecular weight excluding hydrogens is 288 g/mol. The maximum atomic E-state index is 12.8. The Bertz CT molecular complexity index is 680. The van der Waals surface area contributed by atoms with Crippen molar-refractivity contribution in [2.24, 2.45) is 11.7 Å². The van der Waals surface area contributed by atoms with E-state index in [1.165, 1.54) is 5.56 Å². The summed E-state index contributed by atoms with van der Waals surface area (Å²) in [5, 5.41) is 4.41. The molecule has 2 unspecified atom stereocenters. The molecular formula is C18H24N4O. The Labute approximate surface area is 137 Å². The van der Waals surface area contributed by atoms with Crippen molar-refractivity contribution in [1.29, 1.82) is 0 Å². The highest BCUT2D eigenvalue weighted by Crippen LogP contribution is 2.25. The number of nitrogens with two attached hydrogens (primary N) is 1. The summed E-state index contributed by atoms with van der Waals surface area (Å²) in [4.78, 5) is 14.8. The molecule has 2 heterocycles. The first kappa shape index (κ1) is 15.7. The van der Waals surface area contributed by atoms with Crippen molar-refractivity contribution in [2.45, 2.75) is 32.9 Å². The Morgan fingerprint density at radius 1 is 1.35 bits per heavy atom. The highest BCUT2D eigenvalue weighted by molar-refractivity contribution is 5.95. The second-order valence-electron chi connectivity index (χ2n) is 6.43. The van der Waals surface area contributed by atoms with E-state index in [1.807, 2.05) is 34.7 Å². The van der Waals surface area contributed by atoms with E-state index < -0.39 is 0 Å². The molecule has 2 atom stereocenters. The maximum Gasteiger partial charge on any atom is 0.257 e. The number of likely N-dealkylation sites (tertiary alicyclic amines) is 1. The quantitative estimate of drug-likeness (QED) is 0.940. The number of rotatable bonds is 4. The zero-order valence-corrected chi connectivity index (χ0v) is 13.8. The monoisotopic (exact) mass is 312 g/mol. The number of hydrogen-bond donors (Lipinski definition) is 1. The summed E-state index contributed by atoms with van der Waals surface area (Å²) >= 11 is 0. The topological polar surface area (TPSA) is 64.2 Å². The van der Waals surface area contributed by atoms with Gasteiger partial charge in [0.1, 0.15) is 0 Å². The van der Waals surface area contributed by atoms with E-state index in [0.717, 1.165) is 18.7 Å². The standard InChI is InChI=1S/C18H24N4O/c1-13-8-16(9-19)11-21(13)18(23)17-10-20-22(14(17)2)12-15-6-4-3-5-7-15/h3-7,10,13,16H,8-9,11-12,19H2,1-2H3. The van der Waals surface area contributed by atoms with Gasteiger partial charge < -0.3 is 10.6 Å². The minimum absolute atomic E-state index is 0.0743. The van der Waals surface area contributed by atoms with Gasteiger partial charge in [0.05, 0.1) is 18.3 Å². The van der Waals surface area contributed by atoms with Gasteiger partial charge in [-0.1, -0.05) is 30.3 Å². The van der Waals surface area contributed by atoms with Crippen LogP contribution >= 0.6 is 0 Å². The smallest absolute Gasteiger partial charge is 0.257 e. The molecule has 1 fully saturated rings. The van der Waals surface area contributed by atoms with E-state index in [1.54, 1.807) is 6.20 Å². The first-order valence-corrected chi connectivity index (χ1v) is 8.17. The van der Waals surface area contributed by atoms with Crippen molar-refractivity contribution in [1.82, 2.24) is 14.7 Å². The largest absolute Gasteiger partial charge is 0.335 e. The molecule has 5 nitrogen and oxygen atoms in total. The third-order valence-corrected chi connectivity index (χ3v) is 4.76.